The third kappa shape index (κ3) is 12.5. The van der Waals surface area contributed by atoms with E-state index in [-0.39, 0.29) is 24.5 Å². The molecular formula is C31H45BrClNO7. The summed E-state index contributed by atoms with van der Waals surface area (Å²) in [6, 6.07) is 0. The number of hydrogen-bond donors (Lipinski definition) is 2. The van der Waals surface area contributed by atoms with E-state index < -0.39 is 24.0 Å². The second-order valence-electron chi connectivity index (χ2n) is 10.8. The Labute approximate surface area is 258 Å². The normalized spacial score (nSPS) is 27.4. The summed E-state index contributed by atoms with van der Waals surface area (Å²) in [6.07, 6.45) is 11.3. The van der Waals surface area contributed by atoms with E-state index >= 15 is 0 Å². The van der Waals surface area contributed by atoms with Gasteiger partial charge in [0.05, 0.1) is 31.9 Å². The molecule has 1 fully saturated rings. The lowest BCUT2D eigenvalue weighted by molar-refractivity contribution is -0.303. The van der Waals surface area contributed by atoms with E-state index in [2.05, 4.69) is 45.0 Å². The molecule has 1 amide bonds. The van der Waals surface area contributed by atoms with E-state index in [1.54, 1.807) is 12.6 Å². The number of carbonyl (C=O) groups excluding carboxylic acids is 2. The fourth-order valence-corrected chi connectivity index (χ4v) is 5.53. The van der Waals surface area contributed by atoms with E-state index in [1.165, 1.54) is 18.8 Å². The standard InChI is InChI=1S/C31H45BrClNO7/c1-22(13-14-24(20-33)11-6-5-9-15-32)10-7-8-12-29(35)34-21-31(37)23(2)28(39-4)18-27(41-31)17-26-16-25(38-3)19-30(36)40-26/h7,10,19-20,22-23,26-28,37H,5-6,8,11-14,16-18,21H2,1-4H3,(H,34,35)/b10-7+,24-20+/t22-,23-,26-,27+,28+,31+/m0/s1. The molecule has 0 unspecified atom stereocenters. The zero-order valence-corrected chi connectivity index (χ0v) is 27.0. The van der Waals surface area contributed by atoms with Crippen molar-refractivity contribution in [2.75, 3.05) is 20.8 Å². The first-order valence-corrected chi connectivity index (χ1v) is 15.5. The molecule has 0 aromatic carbocycles. The van der Waals surface area contributed by atoms with Crippen LogP contribution in [-0.4, -0.2) is 61.8 Å². The van der Waals surface area contributed by atoms with Crippen LogP contribution in [0.5, 0.6) is 0 Å². The van der Waals surface area contributed by atoms with Crippen LogP contribution in [0.3, 0.4) is 0 Å². The smallest absolute Gasteiger partial charge is 0.334 e. The van der Waals surface area contributed by atoms with Crippen molar-refractivity contribution in [2.45, 2.75) is 102 Å². The maximum absolute atomic E-state index is 12.6. The Balaban J connectivity index is 1.78. The fraction of sp³-hybridized carbons (Fsp3) is 0.677. The molecule has 6 atom stereocenters. The number of ether oxygens (including phenoxy) is 4. The Kier molecular flexibility index (Phi) is 16.1. The molecule has 0 aromatic heterocycles. The van der Waals surface area contributed by atoms with Gasteiger partial charge in [-0.25, -0.2) is 4.79 Å². The predicted molar refractivity (Wildman–Crippen MR) is 163 cm³/mol. The molecule has 230 valence electrons. The molecule has 0 bridgehead atoms. The monoisotopic (exact) mass is 657 g/mol. The average Bonchev–Trinajstić information content (AvgIpc) is 2.95. The number of amides is 1. The number of hydrogen-bond acceptors (Lipinski definition) is 7. The molecule has 2 aliphatic rings. The van der Waals surface area contributed by atoms with Gasteiger partial charge in [-0.15, -0.1) is 0 Å². The number of aliphatic hydroxyl groups is 1. The summed E-state index contributed by atoms with van der Waals surface area (Å²) in [5, 5.41) is 14.2. The van der Waals surface area contributed by atoms with Crippen LogP contribution in [0.4, 0.5) is 0 Å². The van der Waals surface area contributed by atoms with Crippen LogP contribution in [0.2, 0.25) is 0 Å². The van der Waals surface area contributed by atoms with Gasteiger partial charge in [0, 0.05) is 66.6 Å². The second-order valence-corrected chi connectivity index (χ2v) is 11.5. The highest BCUT2D eigenvalue weighted by Gasteiger charge is 2.47. The molecule has 0 aliphatic carbocycles. The minimum atomic E-state index is -1.61. The van der Waals surface area contributed by atoms with Crippen LogP contribution in [0.1, 0.15) is 78.1 Å². The number of esters is 1. The third-order valence-electron chi connectivity index (χ3n) is 7.70. The van der Waals surface area contributed by atoms with Crippen LogP contribution < -0.4 is 5.32 Å². The van der Waals surface area contributed by atoms with Crippen LogP contribution in [-0.2, 0) is 28.5 Å². The Morgan fingerprint density at radius 1 is 1.34 bits per heavy atom. The van der Waals surface area contributed by atoms with Gasteiger partial charge >= 0.3 is 5.97 Å². The Morgan fingerprint density at radius 3 is 2.80 bits per heavy atom. The molecule has 2 aliphatic heterocycles. The zero-order chi connectivity index (χ0) is 30.3. The van der Waals surface area contributed by atoms with Crippen molar-refractivity contribution in [3.8, 4) is 10.8 Å². The first-order chi connectivity index (χ1) is 19.6. The molecule has 41 heavy (non-hydrogen) atoms. The zero-order valence-electron chi connectivity index (χ0n) is 24.6. The van der Waals surface area contributed by atoms with Gasteiger partial charge in [0.2, 0.25) is 5.91 Å². The number of allylic oxidation sites excluding steroid dienone is 3. The molecule has 0 saturated carbocycles. The summed E-state index contributed by atoms with van der Waals surface area (Å²) in [5.74, 6) is 1.30. The fourth-order valence-electron chi connectivity index (χ4n) is 5.12. The molecule has 10 heteroatoms. The Morgan fingerprint density at radius 2 is 2.12 bits per heavy atom. The van der Waals surface area contributed by atoms with Gasteiger partial charge in [-0.2, -0.15) is 0 Å². The minimum absolute atomic E-state index is 0.0636. The second kappa shape index (κ2) is 18.7. The molecule has 0 aromatic rings. The summed E-state index contributed by atoms with van der Waals surface area (Å²) in [5.41, 5.74) is 2.91. The molecule has 0 radical (unpaired) electrons. The average molecular weight is 659 g/mol. The van der Waals surface area contributed by atoms with E-state index in [1.807, 2.05) is 13.0 Å². The summed E-state index contributed by atoms with van der Waals surface area (Å²) >= 11 is 9.09. The van der Waals surface area contributed by atoms with Gasteiger partial charge in [-0.3, -0.25) is 4.79 Å². The van der Waals surface area contributed by atoms with Crippen molar-refractivity contribution in [3.63, 3.8) is 0 Å². The third-order valence-corrected chi connectivity index (χ3v) is 8.29. The molecule has 8 nitrogen and oxygen atoms in total. The van der Waals surface area contributed by atoms with Crippen molar-refractivity contribution >= 4 is 39.4 Å². The van der Waals surface area contributed by atoms with Crippen LogP contribution >= 0.6 is 27.5 Å². The van der Waals surface area contributed by atoms with Gasteiger partial charge in [0.1, 0.15) is 11.9 Å². The van der Waals surface area contributed by atoms with Gasteiger partial charge in [-0.05, 0) is 42.9 Å². The van der Waals surface area contributed by atoms with Crippen LogP contribution in [0.15, 0.2) is 35.1 Å². The Bertz CT molecular complexity index is 1000. The van der Waals surface area contributed by atoms with Crippen molar-refractivity contribution in [1.29, 1.82) is 0 Å². The van der Waals surface area contributed by atoms with Gasteiger partial charge in [0.25, 0.3) is 0 Å². The number of unbranched alkanes of at least 4 members (excludes halogenated alkanes) is 1. The summed E-state index contributed by atoms with van der Waals surface area (Å²) in [4.78, 5) is 27.2. The molecule has 2 N–H and O–H groups in total. The SMILES string of the molecule is COC1=CC(=O)O[C@H](C[C@@H]2C[C@@H](OC)[C@H](C)[C@@](O)(CNC(=O)CC/C=C/[C@H](C)CC/C(=C/Cl)CCCC#CBr)O2)C1. The molecule has 0 spiro atoms. The highest BCUT2D eigenvalue weighted by atomic mass is 79.9. The van der Waals surface area contributed by atoms with Gasteiger partial charge in [-0.1, -0.05) is 49.1 Å². The maximum atomic E-state index is 12.6. The highest BCUT2D eigenvalue weighted by molar-refractivity contribution is 9.12. The quantitative estimate of drug-likeness (QED) is 0.0926. The summed E-state index contributed by atoms with van der Waals surface area (Å²) in [6.45, 7) is 3.93. The minimum Gasteiger partial charge on any atom is -0.501 e. The summed E-state index contributed by atoms with van der Waals surface area (Å²) < 4.78 is 22.4. The number of halogens is 2. The van der Waals surface area contributed by atoms with E-state index in [9.17, 15) is 14.7 Å². The lowest BCUT2D eigenvalue weighted by Crippen LogP contribution is -2.59. The summed E-state index contributed by atoms with van der Waals surface area (Å²) in [7, 11) is 3.11. The molecule has 2 rings (SSSR count). The van der Waals surface area contributed by atoms with Crippen LogP contribution in [0.25, 0.3) is 0 Å². The van der Waals surface area contributed by atoms with Crippen molar-refractivity contribution in [1.82, 2.24) is 5.32 Å². The topological polar surface area (TPSA) is 103 Å². The number of rotatable bonds is 16. The van der Waals surface area contributed by atoms with E-state index in [0.29, 0.717) is 43.8 Å². The van der Waals surface area contributed by atoms with Gasteiger partial charge < -0.3 is 29.4 Å². The highest BCUT2D eigenvalue weighted by Crippen LogP contribution is 2.36. The van der Waals surface area contributed by atoms with E-state index in [4.69, 9.17) is 30.5 Å². The largest absolute Gasteiger partial charge is 0.501 e. The number of methoxy groups -OCH3 is 2. The number of cyclic esters (lactones) is 1. The Hall–Kier alpha value is -1.83. The first-order valence-electron chi connectivity index (χ1n) is 14.3. The van der Waals surface area contributed by atoms with Crippen molar-refractivity contribution < 1.29 is 33.6 Å². The lowest BCUT2D eigenvalue weighted by Gasteiger charge is -2.46. The molecule has 2 heterocycles. The van der Waals surface area contributed by atoms with E-state index in [0.717, 1.165) is 32.1 Å². The molecule has 1 saturated heterocycles. The van der Waals surface area contributed by atoms with Crippen molar-refractivity contribution in [3.05, 3.63) is 35.1 Å². The predicted octanol–water partition coefficient (Wildman–Crippen LogP) is 5.87. The number of nitrogens with one attached hydrogen (secondary N) is 1. The van der Waals surface area contributed by atoms with Crippen molar-refractivity contribution in [2.24, 2.45) is 11.8 Å². The first kappa shape index (κ1) is 35.4. The van der Waals surface area contributed by atoms with Gasteiger partial charge in [0.15, 0.2) is 5.79 Å². The number of carbonyl (C=O) groups is 2. The maximum Gasteiger partial charge on any atom is 0.334 e. The van der Waals surface area contributed by atoms with Crippen LogP contribution in [0, 0.1) is 22.6 Å². The molecular weight excluding hydrogens is 614 g/mol. The lowest BCUT2D eigenvalue weighted by atomic mass is 9.85.